The maximum atomic E-state index is 15.4. The standard InChI is InChI=1S/C32H28FN7/c33-26-16-24(22-9-4-3-8-21(14-22)18-35-17-20-6-1-2-7-20)15-25-29(26)39-40-30(25)32-37-27-11-13-36-28(31(27)38-32)23-10-5-12-34-19-23/h5,9-16,19-20,35H,1-2,4,6-7,17-18H2,(H,37,38)(H,39,40). The normalized spacial score (nSPS) is 15.6. The quantitative estimate of drug-likeness (QED) is 0.218. The number of fused-ring (bicyclic) bond motifs is 2. The van der Waals surface area contributed by atoms with Crippen LogP contribution in [0.15, 0.2) is 66.6 Å². The number of hydrogen-bond acceptors (Lipinski definition) is 5. The molecular formula is C32H28FN7. The minimum absolute atomic E-state index is 0.276. The Bertz CT molecular complexity index is 1830. The van der Waals surface area contributed by atoms with Gasteiger partial charge in [-0.15, -0.1) is 0 Å². The van der Waals surface area contributed by atoms with Crippen molar-refractivity contribution in [2.75, 3.05) is 13.1 Å². The van der Waals surface area contributed by atoms with Gasteiger partial charge in [0.15, 0.2) is 11.6 Å². The third-order valence-electron chi connectivity index (χ3n) is 7.74. The summed E-state index contributed by atoms with van der Waals surface area (Å²) in [4.78, 5) is 17.0. The Balaban J connectivity index is 1.23. The fourth-order valence-electron chi connectivity index (χ4n) is 5.72. The first kappa shape index (κ1) is 24.4. The average molecular weight is 530 g/mol. The minimum Gasteiger partial charge on any atom is -0.337 e. The SMILES string of the molecule is Fc1cc(C2=CCC#CC(CNCC3CCCC3)=C2)cc2c(-c3nc4c(-c5cccnc5)nccc4[nH]3)[nH]nc12. The summed E-state index contributed by atoms with van der Waals surface area (Å²) in [5.74, 6) is 7.45. The zero-order chi connectivity index (χ0) is 26.9. The van der Waals surface area contributed by atoms with Crippen LogP contribution in [0, 0.1) is 23.6 Å². The van der Waals surface area contributed by atoms with E-state index in [2.05, 4.69) is 54.5 Å². The summed E-state index contributed by atoms with van der Waals surface area (Å²) in [6.45, 7) is 1.74. The van der Waals surface area contributed by atoms with E-state index in [1.807, 2.05) is 24.3 Å². The number of rotatable bonds is 7. The molecule has 40 heavy (non-hydrogen) atoms. The molecule has 2 aliphatic carbocycles. The number of aromatic amines is 2. The predicted molar refractivity (Wildman–Crippen MR) is 155 cm³/mol. The third-order valence-corrected chi connectivity index (χ3v) is 7.74. The van der Waals surface area contributed by atoms with Crippen molar-refractivity contribution in [3.05, 3.63) is 78.0 Å². The molecule has 7 nitrogen and oxygen atoms in total. The molecule has 1 saturated carbocycles. The van der Waals surface area contributed by atoms with E-state index in [1.165, 1.54) is 25.7 Å². The van der Waals surface area contributed by atoms with Gasteiger partial charge in [-0.3, -0.25) is 15.1 Å². The summed E-state index contributed by atoms with van der Waals surface area (Å²) in [6, 6.07) is 9.22. The summed E-state index contributed by atoms with van der Waals surface area (Å²) >= 11 is 0. The summed E-state index contributed by atoms with van der Waals surface area (Å²) in [5, 5.41) is 11.5. The van der Waals surface area contributed by atoms with Crippen molar-refractivity contribution in [1.82, 2.24) is 35.5 Å². The maximum Gasteiger partial charge on any atom is 0.157 e. The Labute approximate surface area is 231 Å². The number of imidazole rings is 1. The molecule has 4 aromatic heterocycles. The Hall–Kier alpha value is -4.61. The van der Waals surface area contributed by atoms with E-state index in [-0.39, 0.29) is 11.3 Å². The summed E-state index contributed by atoms with van der Waals surface area (Å²) in [5.41, 5.74) is 6.77. The number of H-pyrrole nitrogens is 2. The van der Waals surface area contributed by atoms with Crippen molar-refractivity contribution in [2.45, 2.75) is 32.1 Å². The first-order valence-electron chi connectivity index (χ1n) is 13.8. The van der Waals surface area contributed by atoms with Crippen LogP contribution in [0.5, 0.6) is 0 Å². The number of nitrogens with one attached hydrogen (secondary N) is 3. The van der Waals surface area contributed by atoms with Crippen molar-refractivity contribution in [3.8, 4) is 34.6 Å². The molecule has 4 heterocycles. The molecule has 0 radical (unpaired) electrons. The van der Waals surface area contributed by atoms with Gasteiger partial charge in [-0.05, 0) is 72.8 Å². The monoisotopic (exact) mass is 529 g/mol. The van der Waals surface area contributed by atoms with Gasteiger partial charge in [0.25, 0.3) is 0 Å². The molecular weight excluding hydrogens is 501 g/mol. The molecule has 1 aromatic carbocycles. The fourth-order valence-corrected chi connectivity index (χ4v) is 5.72. The van der Waals surface area contributed by atoms with Gasteiger partial charge >= 0.3 is 0 Å². The molecule has 0 aliphatic heterocycles. The number of benzene rings is 1. The molecule has 0 bridgehead atoms. The fraction of sp³-hybridized carbons (Fsp3) is 0.250. The van der Waals surface area contributed by atoms with Gasteiger partial charge in [-0.2, -0.15) is 5.10 Å². The predicted octanol–water partition coefficient (Wildman–Crippen LogP) is 6.20. The van der Waals surface area contributed by atoms with Gasteiger partial charge in [0, 0.05) is 48.1 Å². The molecule has 8 heteroatoms. The average Bonchev–Trinajstić information content (AvgIpc) is 3.71. The molecule has 0 saturated heterocycles. The number of nitrogens with zero attached hydrogens (tertiary/aromatic N) is 4. The highest BCUT2D eigenvalue weighted by Crippen LogP contribution is 2.33. The van der Waals surface area contributed by atoms with Crippen LogP contribution in [-0.2, 0) is 0 Å². The smallest absolute Gasteiger partial charge is 0.157 e. The first-order valence-corrected chi connectivity index (χ1v) is 13.8. The lowest BCUT2D eigenvalue weighted by atomic mass is 10.00. The topological polar surface area (TPSA) is 95.2 Å². The number of halogens is 1. The van der Waals surface area contributed by atoms with Crippen molar-refractivity contribution >= 4 is 27.5 Å². The van der Waals surface area contributed by atoms with Crippen LogP contribution in [0.25, 0.3) is 50.3 Å². The number of pyridine rings is 2. The largest absolute Gasteiger partial charge is 0.337 e. The van der Waals surface area contributed by atoms with Crippen LogP contribution in [0.3, 0.4) is 0 Å². The second kappa shape index (κ2) is 10.5. The number of hydrogen-bond donors (Lipinski definition) is 3. The minimum atomic E-state index is -0.385. The van der Waals surface area contributed by atoms with Crippen LogP contribution in [0.2, 0.25) is 0 Å². The molecule has 198 valence electrons. The van der Waals surface area contributed by atoms with Crippen molar-refractivity contribution in [1.29, 1.82) is 0 Å². The number of aromatic nitrogens is 6. The van der Waals surface area contributed by atoms with E-state index in [0.29, 0.717) is 28.8 Å². The molecule has 2 aliphatic rings. The number of allylic oxidation sites excluding steroid dienone is 3. The molecule has 0 unspecified atom stereocenters. The Morgan fingerprint density at radius 2 is 2.00 bits per heavy atom. The molecule has 0 amide bonds. The van der Waals surface area contributed by atoms with Gasteiger partial charge in [0.2, 0.25) is 0 Å². The molecule has 0 spiro atoms. The van der Waals surface area contributed by atoms with E-state index < -0.39 is 0 Å². The van der Waals surface area contributed by atoms with Crippen LogP contribution in [0.1, 0.15) is 37.7 Å². The van der Waals surface area contributed by atoms with Crippen LogP contribution in [-0.4, -0.2) is 43.2 Å². The molecule has 1 fully saturated rings. The Morgan fingerprint density at radius 1 is 1.07 bits per heavy atom. The van der Waals surface area contributed by atoms with Gasteiger partial charge < -0.3 is 10.3 Å². The van der Waals surface area contributed by atoms with Gasteiger partial charge in [-0.25, -0.2) is 9.37 Å². The Morgan fingerprint density at radius 3 is 2.88 bits per heavy atom. The van der Waals surface area contributed by atoms with E-state index in [0.717, 1.165) is 52.5 Å². The van der Waals surface area contributed by atoms with E-state index in [9.17, 15) is 0 Å². The van der Waals surface area contributed by atoms with E-state index in [1.54, 1.807) is 24.7 Å². The van der Waals surface area contributed by atoms with E-state index >= 15 is 4.39 Å². The highest BCUT2D eigenvalue weighted by molar-refractivity contribution is 5.97. The second-order valence-electron chi connectivity index (χ2n) is 10.5. The summed E-state index contributed by atoms with van der Waals surface area (Å²) < 4.78 is 15.4. The maximum absolute atomic E-state index is 15.4. The lowest BCUT2D eigenvalue weighted by Gasteiger charge is -2.11. The van der Waals surface area contributed by atoms with Crippen LogP contribution < -0.4 is 5.32 Å². The van der Waals surface area contributed by atoms with Crippen molar-refractivity contribution < 1.29 is 4.39 Å². The third kappa shape index (κ3) is 4.69. The molecule has 3 N–H and O–H groups in total. The molecule has 7 rings (SSSR count). The van der Waals surface area contributed by atoms with Crippen molar-refractivity contribution in [3.63, 3.8) is 0 Å². The first-order chi connectivity index (χ1) is 19.7. The van der Waals surface area contributed by atoms with Crippen LogP contribution in [0.4, 0.5) is 4.39 Å². The second-order valence-corrected chi connectivity index (χ2v) is 10.5. The summed E-state index contributed by atoms with van der Waals surface area (Å²) in [6.07, 6.45) is 15.3. The zero-order valence-electron chi connectivity index (χ0n) is 22.0. The lowest BCUT2D eigenvalue weighted by Crippen LogP contribution is -2.23. The zero-order valence-corrected chi connectivity index (χ0v) is 22.0. The van der Waals surface area contributed by atoms with E-state index in [4.69, 9.17) is 4.98 Å². The molecule has 5 aromatic rings. The van der Waals surface area contributed by atoms with Gasteiger partial charge in [0.1, 0.15) is 16.7 Å². The Kier molecular flexibility index (Phi) is 6.42. The summed E-state index contributed by atoms with van der Waals surface area (Å²) in [7, 11) is 0. The van der Waals surface area contributed by atoms with Crippen molar-refractivity contribution in [2.24, 2.45) is 5.92 Å². The van der Waals surface area contributed by atoms with Crippen LogP contribution >= 0.6 is 0 Å². The molecule has 0 atom stereocenters. The highest BCUT2D eigenvalue weighted by atomic mass is 19.1. The van der Waals surface area contributed by atoms with Gasteiger partial charge in [-0.1, -0.05) is 30.8 Å². The van der Waals surface area contributed by atoms with Gasteiger partial charge in [0.05, 0.1) is 11.2 Å². The highest BCUT2D eigenvalue weighted by Gasteiger charge is 2.19. The lowest BCUT2D eigenvalue weighted by molar-refractivity contribution is 0.503.